The fourth-order valence-corrected chi connectivity index (χ4v) is 3.70. The van der Waals surface area contributed by atoms with E-state index in [1.807, 2.05) is 24.8 Å². The molecule has 2 fully saturated rings. The van der Waals surface area contributed by atoms with E-state index in [-0.39, 0.29) is 18.0 Å². The molecule has 0 spiro atoms. The van der Waals surface area contributed by atoms with E-state index in [9.17, 15) is 22.8 Å². The second-order valence-corrected chi connectivity index (χ2v) is 9.86. The molecule has 12 heteroatoms. The number of nitrogens with one attached hydrogen (secondary N) is 3. The quantitative estimate of drug-likeness (QED) is 0.444. The van der Waals surface area contributed by atoms with Gasteiger partial charge in [0.15, 0.2) is 0 Å². The predicted molar refractivity (Wildman–Crippen MR) is 127 cm³/mol. The van der Waals surface area contributed by atoms with Crippen molar-refractivity contribution in [1.29, 1.82) is 0 Å². The van der Waals surface area contributed by atoms with Gasteiger partial charge < -0.3 is 26.0 Å². The summed E-state index contributed by atoms with van der Waals surface area (Å²) in [5.41, 5.74) is 2.73. The number of anilines is 1. The Bertz CT molecular complexity index is 962. The van der Waals surface area contributed by atoms with Gasteiger partial charge in [0.25, 0.3) is 5.91 Å². The van der Waals surface area contributed by atoms with Crippen molar-refractivity contribution >= 4 is 23.7 Å². The first-order valence-corrected chi connectivity index (χ1v) is 12.3. The number of carbonyl (C=O) groups excluding carboxylic acids is 2. The Kier molecular flexibility index (Phi) is 9.02. The molecule has 2 heterocycles. The lowest BCUT2D eigenvalue weighted by Crippen LogP contribution is -2.44. The summed E-state index contributed by atoms with van der Waals surface area (Å²) >= 11 is 0. The van der Waals surface area contributed by atoms with Crippen LogP contribution in [0.2, 0.25) is 0 Å². The van der Waals surface area contributed by atoms with Crippen LogP contribution in [0.3, 0.4) is 0 Å². The molecule has 4 N–H and O–H groups in total. The number of fused-ring (bicyclic) bond motifs is 1. The van der Waals surface area contributed by atoms with Crippen LogP contribution in [-0.4, -0.2) is 71.3 Å². The van der Waals surface area contributed by atoms with E-state index >= 15 is 0 Å². The molecule has 0 unspecified atom stereocenters. The van der Waals surface area contributed by atoms with Gasteiger partial charge in [-0.2, -0.15) is 13.2 Å². The zero-order valence-corrected chi connectivity index (χ0v) is 20.6. The summed E-state index contributed by atoms with van der Waals surface area (Å²) in [6.45, 7) is 6.85. The Morgan fingerprint density at radius 2 is 1.67 bits per heavy atom. The molecule has 2 aliphatic carbocycles. The highest BCUT2D eigenvalue weighted by atomic mass is 19.4. The number of pyridine rings is 1. The van der Waals surface area contributed by atoms with E-state index in [2.05, 4.69) is 16.0 Å². The Morgan fingerprint density at radius 3 is 2.22 bits per heavy atom. The molecule has 200 valence electrons. The van der Waals surface area contributed by atoms with Gasteiger partial charge in [0.2, 0.25) is 0 Å². The van der Waals surface area contributed by atoms with Gasteiger partial charge in [-0.05, 0) is 69.4 Å². The van der Waals surface area contributed by atoms with Crippen LogP contribution >= 0.6 is 0 Å². The number of rotatable bonds is 7. The van der Waals surface area contributed by atoms with E-state index < -0.39 is 12.1 Å². The maximum atomic E-state index is 12.9. The molecule has 0 radical (unpaired) electrons. The first kappa shape index (κ1) is 27.5. The van der Waals surface area contributed by atoms with Gasteiger partial charge in [0, 0.05) is 44.3 Å². The molecule has 0 aromatic carbocycles. The molecule has 1 aromatic heterocycles. The monoisotopic (exact) mass is 513 g/mol. The van der Waals surface area contributed by atoms with Crippen LogP contribution in [-0.2, 0) is 17.6 Å². The summed E-state index contributed by atoms with van der Waals surface area (Å²) in [6, 6.07) is 2.09. The normalized spacial score (nSPS) is 17.3. The number of urea groups is 1. The lowest BCUT2D eigenvalue weighted by Gasteiger charge is -2.22. The van der Waals surface area contributed by atoms with Gasteiger partial charge in [-0.15, -0.1) is 0 Å². The third-order valence-corrected chi connectivity index (χ3v) is 6.15. The zero-order chi connectivity index (χ0) is 26.5. The number of aromatic nitrogens is 1. The Hall–Kier alpha value is -3.05. The highest BCUT2D eigenvalue weighted by molar-refractivity contribution is 5.99. The van der Waals surface area contributed by atoms with E-state index in [0.717, 1.165) is 30.8 Å². The number of halogens is 3. The van der Waals surface area contributed by atoms with Crippen LogP contribution in [0.5, 0.6) is 0 Å². The smallest absolute Gasteiger partial charge is 0.475 e. The predicted octanol–water partition coefficient (Wildman–Crippen LogP) is 3.20. The van der Waals surface area contributed by atoms with Gasteiger partial charge in [-0.3, -0.25) is 4.79 Å². The first-order chi connectivity index (χ1) is 16.9. The number of alkyl halides is 3. The standard InChI is InChI=1S/C22H33N5O2.C2HF3O2/c1-14(2)25-22(29)27-9-7-17-11-18(21(28)24-13-16-5-6-16)20(23-12-15-3-4-15)26-19(17)8-10-27;3-2(4,5)1(6)7/h11,14-16H,3-10,12-13H2,1-2H3,(H,23,26)(H,24,28)(H,25,29);(H,6,7). The minimum atomic E-state index is -5.08. The Balaban J connectivity index is 0.000000454. The SMILES string of the molecule is CC(C)NC(=O)N1CCc2cc(C(=O)NCC3CC3)c(NCC3CC3)nc2CC1.O=C(O)C(F)(F)F. The van der Waals surface area contributed by atoms with Crippen molar-refractivity contribution < 1.29 is 32.7 Å². The van der Waals surface area contributed by atoms with Gasteiger partial charge in [0.05, 0.1) is 5.56 Å². The molecule has 0 bridgehead atoms. The maximum Gasteiger partial charge on any atom is 0.490 e. The van der Waals surface area contributed by atoms with Crippen LogP contribution in [0.1, 0.15) is 61.1 Å². The van der Waals surface area contributed by atoms with Crippen molar-refractivity contribution in [2.45, 2.75) is 64.6 Å². The molecular weight excluding hydrogens is 479 g/mol. The minimum absolute atomic E-state index is 0.0257. The van der Waals surface area contributed by atoms with Crippen LogP contribution in [0.15, 0.2) is 6.07 Å². The summed E-state index contributed by atoms with van der Waals surface area (Å²) < 4.78 is 31.7. The van der Waals surface area contributed by atoms with Gasteiger partial charge in [-0.1, -0.05) is 0 Å². The molecule has 0 saturated heterocycles. The average Bonchev–Trinajstić information content (AvgIpc) is 3.69. The van der Waals surface area contributed by atoms with Crippen LogP contribution in [0.25, 0.3) is 0 Å². The van der Waals surface area contributed by atoms with Crippen molar-refractivity contribution in [1.82, 2.24) is 20.5 Å². The van der Waals surface area contributed by atoms with E-state index in [1.165, 1.54) is 25.7 Å². The van der Waals surface area contributed by atoms with Crippen molar-refractivity contribution in [2.75, 3.05) is 31.5 Å². The highest BCUT2D eigenvalue weighted by Gasteiger charge is 2.38. The number of hydrogen-bond acceptors (Lipinski definition) is 5. The number of carbonyl (C=O) groups is 3. The molecule has 0 atom stereocenters. The van der Waals surface area contributed by atoms with E-state index in [1.54, 1.807) is 0 Å². The molecule has 1 aliphatic heterocycles. The fraction of sp³-hybridized carbons (Fsp3) is 0.667. The van der Waals surface area contributed by atoms with Crippen molar-refractivity contribution in [2.24, 2.45) is 11.8 Å². The molecule has 1 aromatic rings. The minimum Gasteiger partial charge on any atom is -0.475 e. The number of carboxylic acids is 1. The topological polar surface area (TPSA) is 124 Å². The number of nitrogens with zero attached hydrogens (tertiary/aromatic N) is 2. The molecule has 3 amide bonds. The third-order valence-electron chi connectivity index (χ3n) is 6.15. The Labute approximate surface area is 208 Å². The second kappa shape index (κ2) is 11.8. The zero-order valence-electron chi connectivity index (χ0n) is 20.6. The lowest BCUT2D eigenvalue weighted by molar-refractivity contribution is -0.192. The van der Waals surface area contributed by atoms with Gasteiger partial charge in [-0.25, -0.2) is 14.6 Å². The summed E-state index contributed by atoms with van der Waals surface area (Å²) in [5.74, 6) is -0.752. The van der Waals surface area contributed by atoms with Gasteiger partial charge in [0.1, 0.15) is 5.82 Å². The van der Waals surface area contributed by atoms with Crippen LogP contribution in [0, 0.1) is 11.8 Å². The van der Waals surface area contributed by atoms with Crippen LogP contribution in [0.4, 0.5) is 23.8 Å². The summed E-state index contributed by atoms with van der Waals surface area (Å²) in [4.78, 5) is 40.9. The first-order valence-electron chi connectivity index (χ1n) is 12.3. The lowest BCUT2D eigenvalue weighted by atomic mass is 10.0. The van der Waals surface area contributed by atoms with Crippen LogP contribution < -0.4 is 16.0 Å². The molecular formula is C24H34F3N5O4. The number of amides is 3. The number of carboxylic acid groups (broad SMARTS) is 1. The van der Waals surface area contributed by atoms with Crippen molar-refractivity contribution in [3.63, 3.8) is 0 Å². The summed E-state index contributed by atoms with van der Waals surface area (Å²) in [5, 5.41) is 16.6. The summed E-state index contributed by atoms with van der Waals surface area (Å²) in [7, 11) is 0. The highest BCUT2D eigenvalue weighted by Crippen LogP contribution is 2.30. The Morgan fingerprint density at radius 1 is 1.08 bits per heavy atom. The molecule has 4 rings (SSSR count). The van der Waals surface area contributed by atoms with Crippen molar-refractivity contribution in [3.8, 4) is 0 Å². The number of hydrogen-bond donors (Lipinski definition) is 4. The van der Waals surface area contributed by atoms with Gasteiger partial charge >= 0.3 is 18.2 Å². The fourth-order valence-electron chi connectivity index (χ4n) is 3.70. The second-order valence-electron chi connectivity index (χ2n) is 9.86. The summed E-state index contributed by atoms with van der Waals surface area (Å²) in [6.07, 6.45) is 1.28. The van der Waals surface area contributed by atoms with Crippen molar-refractivity contribution in [3.05, 3.63) is 22.9 Å². The van der Waals surface area contributed by atoms with E-state index in [0.29, 0.717) is 42.7 Å². The third kappa shape index (κ3) is 8.56. The molecule has 9 nitrogen and oxygen atoms in total. The molecule has 2 saturated carbocycles. The largest absolute Gasteiger partial charge is 0.490 e. The molecule has 3 aliphatic rings. The number of aliphatic carboxylic acids is 1. The van der Waals surface area contributed by atoms with E-state index in [4.69, 9.17) is 14.9 Å². The average molecular weight is 514 g/mol. The molecule has 36 heavy (non-hydrogen) atoms. The maximum absolute atomic E-state index is 12.9.